The summed E-state index contributed by atoms with van der Waals surface area (Å²) in [6.45, 7) is 0. The molecule has 1 aliphatic carbocycles. The zero-order chi connectivity index (χ0) is 8.49. The van der Waals surface area contributed by atoms with E-state index in [4.69, 9.17) is 0 Å². The van der Waals surface area contributed by atoms with Crippen LogP contribution in [0.25, 0.3) is 0 Å². The van der Waals surface area contributed by atoms with Gasteiger partial charge in [0.2, 0.25) is 0 Å². The van der Waals surface area contributed by atoms with Gasteiger partial charge >= 0.3 is 0 Å². The lowest BCUT2D eigenvalue weighted by atomic mass is 10.1. The van der Waals surface area contributed by atoms with E-state index in [1.165, 1.54) is 38.5 Å². The van der Waals surface area contributed by atoms with Crippen LogP contribution in [0.3, 0.4) is 0 Å². The molecule has 67 valence electrons. The van der Waals surface area contributed by atoms with E-state index in [1.807, 2.05) is 0 Å². The van der Waals surface area contributed by atoms with Gasteiger partial charge in [-0.1, -0.05) is 24.3 Å². The van der Waals surface area contributed by atoms with Gasteiger partial charge in [-0.15, -0.1) is 0 Å². The fourth-order valence-corrected chi connectivity index (χ4v) is 1.41. The largest absolute Gasteiger partial charge is 0.0882 e. The maximum atomic E-state index is 2.43. The van der Waals surface area contributed by atoms with Crippen molar-refractivity contribution in [3.05, 3.63) is 30.7 Å². The molecule has 0 spiro atoms. The zero-order valence-corrected chi connectivity index (χ0v) is 7.84. The van der Waals surface area contributed by atoms with E-state index in [1.54, 1.807) is 0 Å². The van der Waals surface area contributed by atoms with Crippen molar-refractivity contribution in [2.75, 3.05) is 0 Å². The highest BCUT2D eigenvalue weighted by Gasteiger charge is 1.89. The Morgan fingerprint density at radius 1 is 0.583 bits per heavy atom. The summed E-state index contributed by atoms with van der Waals surface area (Å²) in [4.78, 5) is 0. The maximum Gasteiger partial charge on any atom is -0.0169 e. The van der Waals surface area contributed by atoms with E-state index < -0.39 is 0 Å². The third-order valence-electron chi connectivity index (χ3n) is 2.16. The van der Waals surface area contributed by atoms with E-state index in [2.05, 4.69) is 30.7 Å². The van der Waals surface area contributed by atoms with Gasteiger partial charge in [-0.05, 0) is 51.4 Å². The van der Waals surface area contributed by atoms with Crippen LogP contribution in [0.4, 0.5) is 0 Å². The van der Waals surface area contributed by atoms with Crippen LogP contribution in [0.15, 0.2) is 24.3 Å². The van der Waals surface area contributed by atoms with Crippen LogP contribution in [0.2, 0.25) is 0 Å². The number of hydrogen-bond acceptors (Lipinski definition) is 0. The third kappa shape index (κ3) is 5.17. The van der Waals surface area contributed by atoms with Gasteiger partial charge in [-0.25, -0.2) is 0 Å². The molecule has 0 bridgehead atoms. The van der Waals surface area contributed by atoms with Gasteiger partial charge < -0.3 is 0 Å². The topological polar surface area (TPSA) is 0 Å². The fraction of sp³-hybridized carbons (Fsp3) is 0.583. The molecule has 0 aromatic rings. The first kappa shape index (κ1) is 9.57. The van der Waals surface area contributed by atoms with Crippen LogP contribution in [0.1, 0.15) is 44.9 Å². The van der Waals surface area contributed by atoms with Crippen molar-refractivity contribution in [1.29, 1.82) is 0 Å². The Morgan fingerprint density at radius 2 is 1.17 bits per heavy atom. The van der Waals surface area contributed by atoms with Crippen LogP contribution >= 0.6 is 0 Å². The number of hydrogen-bond donors (Lipinski definition) is 0. The summed E-state index contributed by atoms with van der Waals surface area (Å²) < 4.78 is 0. The zero-order valence-electron chi connectivity index (χ0n) is 7.84. The molecule has 0 heterocycles. The summed E-state index contributed by atoms with van der Waals surface area (Å²) in [5.41, 5.74) is 0. The second-order valence-corrected chi connectivity index (χ2v) is 3.33. The van der Waals surface area contributed by atoms with Gasteiger partial charge in [0.15, 0.2) is 0 Å². The molecule has 0 atom stereocenters. The normalized spacial score (nSPS) is 21.3. The molecule has 0 amide bonds. The van der Waals surface area contributed by atoms with E-state index in [9.17, 15) is 0 Å². The second-order valence-electron chi connectivity index (χ2n) is 3.33. The summed E-state index contributed by atoms with van der Waals surface area (Å²) in [6, 6.07) is 0. The van der Waals surface area contributed by atoms with E-state index in [-0.39, 0.29) is 0 Å². The van der Waals surface area contributed by atoms with Crippen molar-refractivity contribution < 1.29 is 0 Å². The predicted molar refractivity (Wildman–Crippen MR) is 54.9 cm³/mol. The number of rotatable bonds is 0. The summed E-state index contributed by atoms with van der Waals surface area (Å²) >= 11 is 0. The smallest absolute Gasteiger partial charge is 0.0169 e. The minimum Gasteiger partial charge on any atom is -0.0882 e. The molecule has 0 saturated heterocycles. The molecule has 0 unspecified atom stereocenters. The molecule has 12 heavy (non-hydrogen) atoms. The Bertz CT molecular complexity index is 126. The quantitative estimate of drug-likeness (QED) is 0.473. The maximum absolute atomic E-state index is 2.43. The van der Waals surface area contributed by atoms with Crippen molar-refractivity contribution in [3.8, 4) is 0 Å². The Morgan fingerprint density at radius 3 is 1.75 bits per heavy atom. The van der Waals surface area contributed by atoms with Crippen molar-refractivity contribution in [2.24, 2.45) is 0 Å². The van der Waals surface area contributed by atoms with Gasteiger partial charge in [-0.2, -0.15) is 0 Å². The van der Waals surface area contributed by atoms with Crippen molar-refractivity contribution >= 4 is 0 Å². The first-order valence-electron chi connectivity index (χ1n) is 5.12. The Balaban J connectivity index is 2.20. The van der Waals surface area contributed by atoms with Crippen LogP contribution in [0, 0.1) is 6.42 Å². The van der Waals surface area contributed by atoms with Gasteiger partial charge in [0.1, 0.15) is 0 Å². The summed E-state index contributed by atoms with van der Waals surface area (Å²) in [6.07, 6.45) is 20.5. The molecular weight excluding hydrogens is 144 g/mol. The lowest BCUT2D eigenvalue weighted by molar-refractivity contribution is 0.737. The van der Waals surface area contributed by atoms with Crippen molar-refractivity contribution in [2.45, 2.75) is 44.9 Å². The molecule has 0 heteroatoms. The SMILES string of the molecule is [CH]1CCCC=CCC=CCCC1. The first-order valence-corrected chi connectivity index (χ1v) is 5.12. The Kier molecular flexibility index (Phi) is 5.70. The monoisotopic (exact) mass is 163 g/mol. The molecule has 0 aromatic carbocycles. The van der Waals surface area contributed by atoms with Crippen molar-refractivity contribution in [3.63, 3.8) is 0 Å². The highest BCUT2D eigenvalue weighted by molar-refractivity contribution is 4.93. The molecular formula is C12H19. The molecule has 1 radical (unpaired) electrons. The van der Waals surface area contributed by atoms with E-state index >= 15 is 0 Å². The average molecular weight is 163 g/mol. The Labute approximate surface area is 76.4 Å². The van der Waals surface area contributed by atoms with Gasteiger partial charge in [0.05, 0.1) is 0 Å². The standard InChI is InChI=1S/C12H19/c1-2-4-6-8-10-12-11-9-7-5-3-1/h1-2,5,7,10H,3-4,6,8-9,11-12H2. The van der Waals surface area contributed by atoms with Gasteiger partial charge in [-0.3, -0.25) is 0 Å². The third-order valence-corrected chi connectivity index (χ3v) is 2.16. The molecule has 0 N–H and O–H groups in total. The predicted octanol–water partition coefficient (Wildman–Crippen LogP) is 4.05. The molecule has 1 rings (SSSR count). The average Bonchev–Trinajstić information content (AvgIpc) is 2.05. The highest BCUT2D eigenvalue weighted by atomic mass is 14.0. The summed E-state index contributed by atoms with van der Waals surface area (Å²) in [5.74, 6) is 0. The molecule has 0 fully saturated rings. The van der Waals surface area contributed by atoms with Gasteiger partial charge in [0, 0.05) is 0 Å². The molecule has 1 aliphatic rings. The van der Waals surface area contributed by atoms with Crippen LogP contribution in [-0.2, 0) is 0 Å². The van der Waals surface area contributed by atoms with Crippen LogP contribution < -0.4 is 0 Å². The molecule has 0 aliphatic heterocycles. The van der Waals surface area contributed by atoms with E-state index in [0.29, 0.717) is 0 Å². The summed E-state index contributed by atoms with van der Waals surface area (Å²) in [5, 5.41) is 0. The lowest BCUT2D eigenvalue weighted by Crippen LogP contribution is -1.80. The van der Waals surface area contributed by atoms with Crippen molar-refractivity contribution in [1.82, 2.24) is 0 Å². The second kappa shape index (κ2) is 7.15. The summed E-state index contributed by atoms with van der Waals surface area (Å²) in [7, 11) is 0. The van der Waals surface area contributed by atoms with Crippen LogP contribution in [-0.4, -0.2) is 0 Å². The molecule has 0 saturated carbocycles. The highest BCUT2D eigenvalue weighted by Crippen LogP contribution is 2.08. The molecule has 0 nitrogen and oxygen atoms in total. The first-order chi connectivity index (χ1) is 6.00. The molecule has 0 aromatic heterocycles. The Hall–Kier alpha value is -0.520. The fourth-order valence-electron chi connectivity index (χ4n) is 1.41. The minimum atomic E-state index is 1.13. The minimum absolute atomic E-state index is 1.13. The van der Waals surface area contributed by atoms with Crippen LogP contribution in [0.5, 0.6) is 0 Å². The van der Waals surface area contributed by atoms with E-state index in [0.717, 1.165) is 6.42 Å². The lowest BCUT2D eigenvalue weighted by Gasteiger charge is -1.98. The van der Waals surface area contributed by atoms with Gasteiger partial charge in [0.25, 0.3) is 0 Å². The number of allylic oxidation sites excluding steroid dienone is 4.